The van der Waals surface area contributed by atoms with Crippen LogP contribution < -0.4 is 10.6 Å². The molecule has 1 aromatic rings. The van der Waals surface area contributed by atoms with Gasteiger partial charge in [-0.3, -0.25) is 0 Å². The zero-order valence-corrected chi connectivity index (χ0v) is 9.33. The molecule has 0 radical (unpaired) electrons. The average Bonchev–Trinajstić information content (AvgIpc) is 2.24. The summed E-state index contributed by atoms with van der Waals surface area (Å²) in [4.78, 5) is 6.59. The second-order valence-corrected chi connectivity index (χ2v) is 4.11. The molecule has 0 aromatic carbocycles. The van der Waals surface area contributed by atoms with Gasteiger partial charge in [0.2, 0.25) is 0 Å². The lowest BCUT2D eigenvalue weighted by Gasteiger charge is -2.27. The summed E-state index contributed by atoms with van der Waals surface area (Å²) in [6, 6.07) is 1.95. The first-order valence-corrected chi connectivity index (χ1v) is 5.30. The van der Waals surface area contributed by atoms with Crippen LogP contribution in [0.1, 0.15) is 18.9 Å². The molecule has 3 heteroatoms. The van der Waals surface area contributed by atoms with E-state index in [4.69, 9.17) is 5.73 Å². The number of aromatic nitrogens is 1. The van der Waals surface area contributed by atoms with Crippen molar-refractivity contribution in [2.75, 3.05) is 23.7 Å². The van der Waals surface area contributed by atoms with Gasteiger partial charge in [-0.2, -0.15) is 0 Å². The number of aryl methyl sites for hydroxylation is 1. The molecular formula is C12H17N3. The predicted molar refractivity (Wildman–Crippen MR) is 64.0 cm³/mol. The maximum Gasteiger partial charge on any atom is 0.152 e. The number of pyridine rings is 1. The first kappa shape index (κ1) is 10.0. The van der Waals surface area contributed by atoms with E-state index in [2.05, 4.69) is 22.9 Å². The molecule has 0 unspecified atom stereocenters. The third-order valence-electron chi connectivity index (χ3n) is 2.92. The van der Waals surface area contributed by atoms with Crippen LogP contribution in [0, 0.1) is 6.92 Å². The molecule has 1 aliphatic heterocycles. The van der Waals surface area contributed by atoms with Gasteiger partial charge >= 0.3 is 0 Å². The van der Waals surface area contributed by atoms with E-state index in [0.717, 1.165) is 36.6 Å². The number of hydrogen-bond donors (Lipinski definition) is 1. The van der Waals surface area contributed by atoms with Gasteiger partial charge in [0.15, 0.2) is 5.82 Å². The van der Waals surface area contributed by atoms with Crippen LogP contribution in [-0.2, 0) is 0 Å². The van der Waals surface area contributed by atoms with E-state index >= 15 is 0 Å². The summed E-state index contributed by atoms with van der Waals surface area (Å²) in [6.45, 7) is 6.13. The van der Waals surface area contributed by atoms with Gasteiger partial charge in [-0.05, 0) is 31.9 Å². The molecule has 1 aromatic heterocycles. The Hall–Kier alpha value is -1.51. The second-order valence-electron chi connectivity index (χ2n) is 4.11. The van der Waals surface area contributed by atoms with Gasteiger partial charge in [0.05, 0.1) is 5.69 Å². The van der Waals surface area contributed by atoms with Crippen molar-refractivity contribution in [2.45, 2.75) is 20.3 Å². The normalized spacial score (nSPS) is 16.4. The van der Waals surface area contributed by atoms with Crippen molar-refractivity contribution in [1.82, 2.24) is 4.98 Å². The molecular weight excluding hydrogens is 186 g/mol. The third-order valence-corrected chi connectivity index (χ3v) is 2.92. The van der Waals surface area contributed by atoms with Gasteiger partial charge in [-0.25, -0.2) is 4.98 Å². The molecule has 2 heterocycles. The molecule has 1 aliphatic rings. The summed E-state index contributed by atoms with van der Waals surface area (Å²) in [6.07, 6.45) is 5.17. The number of anilines is 2. The number of nitrogen functional groups attached to an aromatic ring is 1. The minimum Gasteiger partial charge on any atom is -0.396 e. The van der Waals surface area contributed by atoms with Gasteiger partial charge in [0.1, 0.15) is 0 Å². The molecule has 15 heavy (non-hydrogen) atoms. The lowest BCUT2D eigenvalue weighted by molar-refractivity contribution is 0.776. The summed E-state index contributed by atoms with van der Waals surface area (Å²) in [7, 11) is 0. The predicted octanol–water partition coefficient (Wildman–Crippen LogP) is 2.13. The van der Waals surface area contributed by atoms with Crippen molar-refractivity contribution in [3.63, 3.8) is 0 Å². The fourth-order valence-electron chi connectivity index (χ4n) is 1.77. The maximum atomic E-state index is 6.02. The molecule has 2 N–H and O–H groups in total. The van der Waals surface area contributed by atoms with E-state index in [9.17, 15) is 0 Å². The molecule has 3 nitrogen and oxygen atoms in total. The highest BCUT2D eigenvalue weighted by Gasteiger charge is 2.14. The largest absolute Gasteiger partial charge is 0.396 e. The van der Waals surface area contributed by atoms with E-state index < -0.39 is 0 Å². The van der Waals surface area contributed by atoms with Crippen LogP contribution in [0.3, 0.4) is 0 Å². The fraction of sp³-hybridized carbons (Fsp3) is 0.417. The standard InChI is InChI=1S/C12H17N3/c1-9-4-7-15(8-5-9)12-11(13)10(2)3-6-14-12/h3-4,6H,5,7-8,13H2,1-2H3. The summed E-state index contributed by atoms with van der Waals surface area (Å²) < 4.78 is 0. The Balaban J connectivity index is 2.27. The molecule has 0 bridgehead atoms. The van der Waals surface area contributed by atoms with Gasteiger partial charge in [0, 0.05) is 19.3 Å². The minimum atomic E-state index is 0.811. The van der Waals surface area contributed by atoms with Crippen LogP contribution in [0.25, 0.3) is 0 Å². The van der Waals surface area contributed by atoms with E-state index in [-0.39, 0.29) is 0 Å². The van der Waals surface area contributed by atoms with Crippen LogP contribution in [0.15, 0.2) is 23.9 Å². The summed E-state index contributed by atoms with van der Waals surface area (Å²) in [5.41, 5.74) is 9.39. The minimum absolute atomic E-state index is 0.811. The first-order valence-electron chi connectivity index (χ1n) is 5.30. The molecule has 2 rings (SSSR count). The van der Waals surface area contributed by atoms with E-state index in [1.807, 2.05) is 19.2 Å². The molecule has 80 valence electrons. The van der Waals surface area contributed by atoms with Crippen molar-refractivity contribution in [2.24, 2.45) is 0 Å². The Morgan fingerprint density at radius 1 is 1.40 bits per heavy atom. The van der Waals surface area contributed by atoms with Gasteiger partial charge < -0.3 is 10.6 Å². The first-order chi connectivity index (χ1) is 7.18. The summed E-state index contributed by atoms with van der Waals surface area (Å²) in [5, 5.41) is 0. The SMILES string of the molecule is CC1=CCN(c2nccc(C)c2N)CC1. The van der Waals surface area contributed by atoms with Crippen molar-refractivity contribution in [3.05, 3.63) is 29.5 Å². The van der Waals surface area contributed by atoms with Crippen LogP contribution >= 0.6 is 0 Å². The molecule has 0 saturated heterocycles. The van der Waals surface area contributed by atoms with Crippen LogP contribution in [0.4, 0.5) is 11.5 Å². The van der Waals surface area contributed by atoms with Crippen LogP contribution in [0.2, 0.25) is 0 Å². The van der Waals surface area contributed by atoms with E-state index in [1.165, 1.54) is 5.57 Å². The number of nitrogens with zero attached hydrogens (tertiary/aromatic N) is 2. The fourth-order valence-corrected chi connectivity index (χ4v) is 1.77. The highest BCUT2D eigenvalue weighted by Crippen LogP contribution is 2.25. The molecule has 0 aliphatic carbocycles. The van der Waals surface area contributed by atoms with Crippen LogP contribution in [-0.4, -0.2) is 18.1 Å². The number of hydrogen-bond acceptors (Lipinski definition) is 3. The Labute approximate surface area is 90.6 Å². The van der Waals surface area contributed by atoms with E-state index in [0.29, 0.717) is 0 Å². The lowest BCUT2D eigenvalue weighted by atomic mass is 10.1. The van der Waals surface area contributed by atoms with Gasteiger partial charge in [-0.15, -0.1) is 0 Å². The van der Waals surface area contributed by atoms with Gasteiger partial charge in [0.25, 0.3) is 0 Å². The third kappa shape index (κ3) is 1.96. The molecule has 0 saturated carbocycles. The Kier molecular flexibility index (Phi) is 2.62. The lowest BCUT2D eigenvalue weighted by Crippen LogP contribution is -2.29. The zero-order chi connectivity index (χ0) is 10.8. The van der Waals surface area contributed by atoms with Crippen molar-refractivity contribution in [3.8, 4) is 0 Å². The highest BCUT2D eigenvalue weighted by molar-refractivity contribution is 5.66. The van der Waals surface area contributed by atoms with Crippen molar-refractivity contribution >= 4 is 11.5 Å². The summed E-state index contributed by atoms with van der Waals surface area (Å²) in [5.74, 6) is 0.929. The van der Waals surface area contributed by atoms with Gasteiger partial charge in [-0.1, -0.05) is 11.6 Å². The molecule has 0 amide bonds. The Bertz CT molecular complexity index is 396. The molecule has 0 spiro atoms. The maximum absolute atomic E-state index is 6.02. The Morgan fingerprint density at radius 3 is 2.87 bits per heavy atom. The number of nitrogens with two attached hydrogens (primary N) is 1. The van der Waals surface area contributed by atoms with Crippen molar-refractivity contribution < 1.29 is 0 Å². The molecule has 0 atom stereocenters. The molecule has 0 fully saturated rings. The summed E-state index contributed by atoms with van der Waals surface area (Å²) >= 11 is 0. The topological polar surface area (TPSA) is 42.2 Å². The van der Waals surface area contributed by atoms with Crippen LogP contribution in [0.5, 0.6) is 0 Å². The smallest absolute Gasteiger partial charge is 0.152 e. The zero-order valence-electron chi connectivity index (χ0n) is 9.33. The highest BCUT2D eigenvalue weighted by atomic mass is 15.2. The quantitative estimate of drug-likeness (QED) is 0.711. The average molecular weight is 203 g/mol. The number of rotatable bonds is 1. The van der Waals surface area contributed by atoms with Crippen molar-refractivity contribution in [1.29, 1.82) is 0 Å². The van der Waals surface area contributed by atoms with E-state index in [1.54, 1.807) is 0 Å². The Morgan fingerprint density at radius 2 is 2.20 bits per heavy atom. The second kappa shape index (κ2) is 3.93. The monoisotopic (exact) mass is 203 g/mol.